The molecule has 34 heavy (non-hydrogen) atoms. The molecule has 0 fully saturated rings. The summed E-state index contributed by atoms with van der Waals surface area (Å²) < 4.78 is 40.0. The number of ether oxygens (including phenoxy) is 2. The van der Waals surface area contributed by atoms with Crippen molar-refractivity contribution in [2.45, 2.75) is 11.8 Å². The predicted octanol–water partition coefficient (Wildman–Crippen LogP) is 4.61. The summed E-state index contributed by atoms with van der Waals surface area (Å²) in [6, 6.07) is 18.5. The number of amides is 1. The molecule has 0 saturated carbocycles. The maximum atomic E-state index is 13.3. The van der Waals surface area contributed by atoms with Gasteiger partial charge in [0.2, 0.25) is 0 Å². The highest BCUT2D eigenvalue weighted by Crippen LogP contribution is 2.38. The number of aromatic nitrogens is 1. The van der Waals surface area contributed by atoms with Crippen molar-refractivity contribution in [1.29, 1.82) is 0 Å². The molecule has 0 saturated heterocycles. The molecule has 3 aromatic carbocycles. The molecular formula is C25H23N3O5S. The number of methoxy groups -OCH3 is 2. The second-order valence-electron chi connectivity index (χ2n) is 7.52. The van der Waals surface area contributed by atoms with Crippen LogP contribution in [0, 0.1) is 6.92 Å². The van der Waals surface area contributed by atoms with Gasteiger partial charge in [0.05, 0.1) is 31.1 Å². The van der Waals surface area contributed by atoms with E-state index in [1.807, 2.05) is 25.1 Å². The van der Waals surface area contributed by atoms with E-state index < -0.39 is 10.0 Å². The normalized spacial score (nSPS) is 11.1. The molecule has 0 unspecified atom stereocenters. The lowest BCUT2D eigenvalue weighted by atomic mass is 10.2. The highest BCUT2D eigenvalue weighted by molar-refractivity contribution is 7.93. The van der Waals surface area contributed by atoms with E-state index in [1.165, 1.54) is 32.4 Å². The van der Waals surface area contributed by atoms with Crippen LogP contribution in [-0.2, 0) is 10.0 Å². The van der Waals surface area contributed by atoms with Crippen molar-refractivity contribution in [3.05, 3.63) is 84.1 Å². The Morgan fingerprint density at radius 1 is 0.882 bits per heavy atom. The summed E-state index contributed by atoms with van der Waals surface area (Å²) in [6.07, 6.45) is 1.62. The number of nitrogens with one attached hydrogen (secondary N) is 2. The summed E-state index contributed by atoms with van der Waals surface area (Å²) in [5.74, 6) is 0.123. The van der Waals surface area contributed by atoms with Gasteiger partial charge in [-0.2, -0.15) is 0 Å². The van der Waals surface area contributed by atoms with Gasteiger partial charge in [-0.3, -0.25) is 14.5 Å². The van der Waals surface area contributed by atoms with Gasteiger partial charge in [-0.1, -0.05) is 30.3 Å². The van der Waals surface area contributed by atoms with Crippen LogP contribution in [0.5, 0.6) is 11.5 Å². The third-order valence-corrected chi connectivity index (χ3v) is 6.55. The van der Waals surface area contributed by atoms with Crippen molar-refractivity contribution in [2.75, 3.05) is 24.3 Å². The third-order valence-electron chi connectivity index (χ3n) is 5.15. The third kappa shape index (κ3) is 4.65. The minimum absolute atomic E-state index is 0.0347. The quantitative estimate of drug-likeness (QED) is 0.403. The lowest BCUT2D eigenvalue weighted by molar-refractivity contribution is 0.102. The van der Waals surface area contributed by atoms with E-state index in [1.54, 1.807) is 36.5 Å². The van der Waals surface area contributed by atoms with E-state index in [0.29, 0.717) is 22.2 Å². The van der Waals surface area contributed by atoms with Crippen LogP contribution in [0.1, 0.15) is 15.9 Å². The van der Waals surface area contributed by atoms with E-state index in [0.717, 1.165) is 5.56 Å². The highest BCUT2D eigenvalue weighted by Gasteiger charge is 2.22. The molecule has 0 bridgehead atoms. The number of hydrogen-bond acceptors (Lipinski definition) is 6. The monoisotopic (exact) mass is 477 g/mol. The number of nitrogens with zero attached hydrogens (tertiary/aromatic N) is 1. The Morgan fingerprint density at radius 3 is 2.26 bits per heavy atom. The molecule has 0 aliphatic rings. The predicted molar refractivity (Wildman–Crippen MR) is 131 cm³/mol. The van der Waals surface area contributed by atoms with Crippen molar-refractivity contribution in [3.8, 4) is 11.5 Å². The van der Waals surface area contributed by atoms with E-state index in [2.05, 4.69) is 15.0 Å². The Kier molecular flexibility index (Phi) is 6.38. The summed E-state index contributed by atoms with van der Waals surface area (Å²) in [6.45, 7) is 1.89. The SMILES string of the molecule is COc1cc(NS(=O)(=O)c2cccc3cc(C)cnc23)c(OC)cc1NC(=O)c1ccccc1. The molecule has 4 aromatic rings. The topological polar surface area (TPSA) is 107 Å². The van der Waals surface area contributed by atoms with Crippen LogP contribution in [0.4, 0.5) is 11.4 Å². The fourth-order valence-electron chi connectivity index (χ4n) is 3.52. The van der Waals surface area contributed by atoms with E-state index in [4.69, 9.17) is 9.47 Å². The number of carbonyl (C=O) groups excluding carboxylic acids is 1. The summed E-state index contributed by atoms with van der Waals surface area (Å²) in [4.78, 5) is 17.0. The molecule has 1 aromatic heterocycles. The molecule has 0 spiro atoms. The highest BCUT2D eigenvalue weighted by atomic mass is 32.2. The number of hydrogen-bond donors (Lipinski definition) is 2. The van der Waals surface area contributed by atoms with E-state index in [-0.39, 0.29) is 28.0 Å². The zero-order chi connectivity index (χ0) is 24.3. The smallest absolute Gasteiger partial charge is 0.264 e. The van der Waals surface area contributed by atoms with Crippen LogP contribution in [0.25, 0.3) is 10.9 Å². The van der Waals surface area contributed by atoms with Crippen LogP contribution in [0.15, 0.2) is 77.8 Å². The zero-order valence-electron chi connectivity index (χ0n) is 18.8. The molecule has 0 atom stereocenters. The number of para-hydroxylation sites is 1. The van der Waals surface area contributed by atoms with Crippen molar-refractivity contribution in [3.63, 3.8) is 0 Å². The Balaban J connectivity index is 1.70. The van der Waals surface area contributed by atoms with Gasteiger partial charge in [0.1, 0.15) is 16.4 Å². The van der Waals surface area contributed by atoms with Gasteiger partial charge >= 0.3 is 0 Å². The first kappa shape index (κ1) is 23.1. The van der Waals surface area contributed by atoms with Gasteiger partial charge in [0.25, 0.3) is 15.9 Å². The second-order valence-corrected chi connectivity index (χ2v) is 9.17. The van der Waals surface area contributed by atoms with Crippen LogP contribution in [0.2, 0.25) is 0 Å². The summed E-state index contributed by atoms with van der Waals surface area (Å²) in [5.41, 5.74) is 2.24. The van der Waals surface area contributed by atoms with Gasteiger partial charge in [-0.25, -0.2) is 8.42 Å². The summed E-state index contributed by atoms with van der Waals surface area (Å²) in [5, 5.41) is 3.49. The first-order valence-electron chi connectivity index (χ1n) is 10.3. The average Bonchev–Trinajstić information content (AvgIpc) is 2.84. The van der Waals surface area contributed by atoms with Gasteiger partial charge in [0.15, 0.2) is 0 Å². The van der Waals surface area contributed by atoms with Gasteiger partial charge in [-0.05, 0) is 36.8 Å². The minimum atomic E-state index is -4.02. The Morgan fingerprint density at radius 2 is 1.56 bits per heavy atom. The minimum Gasteiger partial charge on any atom is -0.494 e. The summed E-state index contributed by atoms with van der Waals surface area (Å²) in [7, 11) is -1.19. The van der Waals surface area contributed by atoms with Gasteiger partial charge < -0.3 is 14.8 Å². The molecule has 0 aliphatic carbocycles. The van der Waals surface area contributed by atoms with Crippen LogP contribution in [-0.4, -0.2) is 33.5 Å². The summed E-state index contributed by atoms with van der Waals surface area (Å²) >= 11 is 0. The molecule has 4 rings (SSSR count). The van der Waals surface area contributed by atoms with Crippen molar-refractivity contribution in [1.82, 2.24) is 4.98 Å². The molecule has 2 N–H and O–H groups in total. The van der Waals surface area contributed by atoms with Crippen molar-refractivity contribution in [2.24, 2.45) is 0 Å². The maximum Gasteiger partial charge on any atom is 0.264 e. The van der Waals surface area contributed by atoms with Crippen molar-refractivity contribution < 1.29 is 22.7 Å². The fraction of sp³-hybridized carbons (Fsp3) is 0.120. The molecule has 174 valence electrons. The number of pyridine rings is 1. The molecule has 0 aliphatic heterocycles. The maximum absolute atomic E-state index is 13.3. The fourth-order valence-corrected chi connectivity index (χ4v) is 4.76. The van der Waals surface area contributed by atoms with Crippen molar-refractivity contribution >= 4 is 38.2 Å². The number of benzene rings is 3. The Labute approximate surface area is 197 Å². The second kappa shape index (κ2) is 9.40. The van der Waals surface area contributed by atoms with Gasteiger partial charge in [-0.15, -0.1) is 0 Å². The number of carbonyl (C=O) groups is 1. The van der Waals surface area contributed by atoms with E-state index in [9.17, 15) is 13.2 Å². The molecule has 9 heteroatoms. The number of aryl methyl sites for hydroxylation is 1. The molecule has 1 amide bonds. The van der Waals surface area contributed by atoms with E-state index >= 15 is 0 Å². The standard InChI is InChI=1S/C25H23N3O5S/c1-16-12-18-10-7-11-23(24(18)26-15-16)34(30,31)28-20-14-21(32-2)19(13-22(20)33-3)27-25(29)17-8-5-4-6-9-17/h4-15,28H,1-3H3,(H,27,29). The molecule has 0 radical (unpaired) electrons. The Bertz CT molecular complexity index is 1470. The molecule has 8 nitrogen and oxygen atoms in total. The molecular weight excluding hydrogens is 454 g/mol. The van der Waals surface area contributed by atoms with Crippen LogP contribution < -0.4 is 19.5 Å². The average molecular weight is 478 g/mol. The first-order valence-corrected chi connectivity index (χ1v) is 11.8. The number of rotatable bonds is 7. The lowest BCUT2D eigenvalue weighted by Gasteiger charge is -2.17. The largest absolute Gasteiger partial charge is 0.494 e. The Hall–Kier alpha value is -4.11. The van der Waals surface area contributed by atoms with Crippen LogP contribution in [0.3, 0.4) is 0 Å². The molecule has 1 heterocycles. The number of sulfonamides is 1. The zero-order valence-corrected chi connectivity index (χ0v) is 19.6. The number of anilines is 2. The first-order chi connectivity index (χ1) is 16.3. The lowest BCUT2D eigenvalue weighted by Crippen LogP contribution is -2.16. The van der Waals surface area contributed by atoms with Crippen LogP contribution >= 0.6 is 0 Å². The number of fused-ring (bicyclic) bond motifs is 1. The van der Waals surface area contributed by atoms with Gasteiger partial charge in [0, 0.05) is 29.3 Å².